The predicted molar refractivity (Wildman–Crippen MR) is 51.3 cm³/mol. The number of aromatic nitrogens is 1. The molecule has 0 N–H and O–H groups in total. The summed E-state index contributed by atoms with van der Waals surface area (Å²) in [5.74, 6) is 0. The number of hydrogen-bond acceptors (Lipinski definition) is 1. The zero-order valence-corrected chi connectivity index (χ0v) is 11.1. The third-order valence-electron chi connectivity index (χ3n) is 1.49. The molecule has 1 heterocycles. The van der Waals surface area contributed by atoms with E-state index in [0.29, 0.717) is 5.02 Å². The normalized spacial score (nSPS) is 8.69. The zero-order chi connectivity index (χ0) is 7.68. The summed E-state index contributed by atoms with van der Waals surface area (Å²) in [4.78, 5) is 4.13. The van der Waals surface area contributed by atoms with Crippen molar-refractivity contribution in [3.05, 3.63) is 41.6 Å². The molecule has 0 bridgehead atoms. The van der Waals surface area contributed by atoms with Gasteiger partial charge in [-0.2, -0.15) is 0 Å². The zero-order valence-electron chi connectivity index (χ0n) is 6.80. The summed E-state index contributed by atoms with van der Waals surface area (Å²) < 4.78 is 0. The van der Waals surface area contributed by atoms with Gasteiger partial charge in [-0.3, -0.25) is 0 Å². The molecule has 0 unspecified atom stereocenters. The molecule has 2 rings (SSSR count). The fourth-order valence-electron chi connectivity index (χ4n) is 0.978. The number of rotatable bonds is 0. The van der Waals surface area contributed by atoms with Crippen LogP contribution >= 0.6 is 11.6 Å². The Morgan fingerprint density at radius 3 is 2.85 bits per heavy atom. The summed E-state index contributed by atoms with van der Waals surface area (Å²) >= 11 is 5.76. The average molecular weight is 314 g/mol. The van der Waals surface area contributed by atoms with E-state index in [9.17, 15) is 0 Å². The summed E-state index contributed by atoms with van der Waals surface area (Å²) in [6, 6.07) is 10.4. The van der Waals surface area contributed by atoms with Crippen LogP contribution in [-0.2, 0) is 0 Å². The summed E-state index contributed by atoms with van der Waals surface area (Å²) in [5, 5.41) is 1.71. The van der Waals surface area contributed by atoms with Gasteiger partial charge in [0.15, 0.2) is 0 Å². The van der Waals surface area contributed by atoms with Gasteiger partial charge < -0.3 is 29.0 Å². The smallest absolute Gasteiger partial charge is 1.00 e. The molecule has 13 heavy (non-hydrogen) atoms. The number of benzene rings is 1. The molecule has 1 aromatic carbocycles. The quantitative estimate of drug-likeness (QED) is 0.356. The van der Waals surface area contributed by atoms with Crippen molar-refractivity contribution < 1.29 is 24.0 Å². The topological polar surface area (TPSA) is 12.9 Å². The molecule has 0 amide bonds. The SMILES string of the molecule is Clc1ccc2[c-]ccnc2c1.[I-].[Mg+2]. The van der Waals surface area contributed by atoms with Gasteiger partial charge in [0.2, 0.25) is 0 Å². The molecule has 2 aromatic rings. The fraction of sp³-hybridized carbons (Fsp3) is 0. The van der Waals surface area contributed by atoms with Crippen LogP contribution in [0.1, 0.15) is 0 Å². The van der Waals surface area contributed by atoms with E-state index in [0.717, 1.165) is 10.9 Å². The first-order valence-electron chi connectivity index (χ1n) is 3.28. The van der Waals surface area contributed by atoms with Crippen molar-refractivity contribution in [3.8, 4) is 0 Å². The largest absolute Gasteiger partial charge is 2.00 e. The van der Waals surface area contributed by atoms with E-state index in [1.807, 2.05) is 18.2 Å². The van der Waals surface area contributed by atoms with Crippen LogP contribution in [0.3, 0.4) is 0 Å². The second-order valence-corrected chi connectivity index (χ2v) is 2.69. The average Bonchev–Trinajstić information content (AvgIpc) is 2.04. The Kier molecular flexibility index (Phi) is 6.20. The molecule has 1 aromatic heterocycles. The standard InChI is InChI=1S/C9H5ClN.HI.Mg/c10-8-4-3-7-2-1-5-11-9(7)6-8;;/h1,3-6H;1H;/q-1;;+2/p-1. The Labute approximate surface area is 115 Å². The fourth-order valence-corrected chi connectivity index (χ4v) is 1.14. The van der Waals surface area contributed by atoms with E-state index in [2.05, 4.69) is 11.1 Å². The van der Waals surface area contributed by atoms with E-state index in [-0.39, 0.29) is 47.0 Å². The first kappa shape index (κ1) is 13.4. The molecule has 0 aliphatic carbocycles. The Bertz CT molecular complexity index is 394. The predicted octanol–water partition coefficient (Wildman–Crippen LogP) is -0.688. The minimum atomic E-state index is 0. The molecule has 0 radical (unpaired) electrons. The van der Waals surface area contributed by atoms with E-state index in [1.54, 1.807) is 12.3 Å². The Morgan fingerprint density at radius 2 is 2.08 bits per heavy atom. The van der Waals surface area contributed by atoms with E-state index in [4.69, 9.17) is 11.6 Å². The van der Waals surface area contributed by atoms with Gasteiger partial charge in [-0.1, -0.05) is 29.9 Å². The Balaban J connectivity index is 0.000000720. The maximum absolute atomic E-state index is 5.76. The third-order valence-corrected chi connectivity index (χ3v) is 1.72. The minimum absolute atomic E-state index is 0. The van der Waals surface area contributed by atoms with E-state index >= 15 is 0 Å². The molecular formula is C9H5ClIMgN. The molecule has 1 nitrogen and oxygen atoms in total. The number of hydrogen-bond donors (Lipinski definition) is 0. The number of halogens is 2. The van der Waals surface area contributed by atoms with Crippen molar-refractivity contribution in [2.75, 3.05) is 0 Å². The van der Waals surface area contributed by atoms with Crippen LogP contribution in [0.2, 0.25) is 5.02 Å². The van der Waals surface area contributed by atoms with Gasteiger partial charge in [-0.05, 0) is 5.52 Å². The van der Waals surface area contributed by atoms with E-state index < -0.39 is 0 Å². The maximum atomic E-state index is 5.76. The second kappa shape index (κ2) is 6.00. The van der Waals surface area contributed by atoms with Crippen LogP contribution in [0.5, 0.6) is 0 Å². The molecule has 0 saturated carbocycles. The monoisotopic (exact) mass is 313 g/mol. The van der Waals surface area contributed by atoms with Crippen LogP contribution < -0.4 is 24.0 Å². The third kappa shape index (κ3) is 3.23. The van der Waals surface area contributed by atoms with Crippen molar-refractivity contribution in [2.24, 2.45) is 0 Å². The van der Waals surface area contributed by atoms with E-state index in [1.165, 1.54) is 0 Å². The molecule has 0 saturated heterocycles. The van der Waals surface area contributed by atoms with Gasteiger partial charge in [0, 0.05) is 5.02 Å². The first-order chi connectivity index (χ1) is 5.36. The van der Waals surface area contributed by atoms with Crippen molar-refractivity contribution in [1.29, 1.82) is 0 Å². The molecule has 0 spiro atoms. The molecule has 0 fully saturated rings. The second-order valence-electron chi connectivity index (χ2n) is 2.25. The molecule has 0 aliphatic heterocycles. The van der Waals surface area contributed by atoms with Crippen molar-refractivity contribution >= 4 is 45.6 Å². The van der Waals surface area contributed by atoms with Crippen LogP contribution in [0.25, 0.3) is 10.9 Å². The van der Waals surface area contributed by atoms with Crippen LogP contribution in [0, 0.1) is 6.07 Å². The Morgan fingerprint density at radius 1 is 1.31 bits per heavy atom. The molecule has 0 atom stereocenters. The number of fused-ring (bicyclic) bond motifs is 1. The summed E-state index contributed by atoms with van der Waals surface area (Å²) in [6.45, 7) is 0. The van der Waals surface area contributed by atoms with Gasteiger partial charge in [-0.15, -0.1) is 23.6 Å². The first-order valence-corrected chi connectivity index (χ1v) is 3.66. The molecule has 0 aliphatic rings. The maximum Gasteiger partial charge on any atom is 2.00 e. The van der Waals surface area contributed by atoms with Crippen molar-refractivity contribution in [1.82, 2.24) is 4.98 Å². The van der Waals surface area contributed by atoms with Gasteiger partial charge in [0.05, 0.1) is 0 Å². The molecule has 4 heteroatoms. The number of pyridine rings is 1. The number of nitrogens with zero attached hydrogens (tertiary/aromatic N) is 1. The summed E-state index contributed by atoms with van der Waals surface area (Å²) in [6.07, 6.45) is 1.71. The van der Waals surface area contributed by atoms with Crippen LogP contribution in [0.15, 0.2) is 30.5 Å². The van der Waals surface area contributed by atoms with Gasteiger partial charge in [0.1, 0.15) is 0 Å². The Hall–Kier alpha value is 0.416. The summed E-state index contributed by atoms with van der Waals surface area (Å²) in [7, 11) is 0. The van der Waals surface area contributed by atoms with Crippen LogP contribution in [0.4, 0.5) is 0 Å². The van der Waals surface area contributed by atoms with Gasteiger partial charge >= 0.3 is 23.1 Å². The molecular weight excluding hydrogens is 309 g/mol. The minimum Gasteiger partial charge on any atom is -1.00 e. The molecule has 62 valence electrons. The summed E-state index contributed by atoms with van der Waals surface area (Å²) in [5.41, 5.74) is 0.889. The van der Waals surface area contributed by atoms with Gasteiger partial charge in [-0.25, -0.2) is 0 Å². The van der Waals surface area contributed by atoms with Gasteiger partial charge in [0.25, 0.3) is 0 Å². The van der Waals surface area contributed by atoms with Crippen molar-refractivity contribution in [3.63, 3.8) is 0 Å². The van der Waals surface area contributed by atoms with Crippen LogP contribution in [-0.4, -0.2) is 28.0 Å². The van der Waals surface area contributed by atoms with Crippen molar-refractivity contribution in [2.45, 2.75) is 0 Å².